The summed E-state index contributed by atoms with van der Waals surface area (Å²) in [6.45, 7) is 6.04. The van der Waals surface area contributed by atoms with Gasteiger partial charge in [0.15, 0.2) is 0 Å². The molecule has 2 rings (SSSR count). The largest absolute Gasteiger partial charge is 0.144 e. The van der Waals surface area contributed by atoms with Crippen LogP contribution in [0.2, 0.25) is 0 Å². The van der Waals surface area contributed by atoms with Crippen molar-refractivity contribution in [1.29, 1.82) is 0 Å². The zero-order chi connectivity index (χ0) is 11.8. The molecule has 1 heteroatoms. The van der Waals surface area contributed by atoms with E-state index >= 15 is 0 Å². The molecule has 0 saturated carbocycles. The van der Waals surface area contributed by atoms with Gasteiger partial charge >= 0.3 is 0 Å². The highest BCUT2D eigenvalue weighted by atomic mass is 32.1. The fourth-order valence-electron chi connectivity index (χ4n) is 1.39. The van der Waals surface area contributed by atoms with Crippen LogP contribution in [0, 0.1) is 0 Å². The van der Waals surface area contributed by atoms with Crippen LogP contribution in [0.15, 0.2) is 47.9 Å². The molecule has 0 amide bonds. The third-order valence-corrected chi connectivity index (χ3v) is 2.96. The Labute approximate surface area is 102 Å². The van der Waals surface area contributed by atoms with E-state index in [0.29, 0.717) is 0 Å². The smallest absolute Gasteiger partial charge is 0.0273 e. The molecule has 0 unspecified atom stereocenters. The predicted molar refractivity (Wildman–Crippen MR) is 75.8 cm³/mol. The van der Waals surface area contributed by atoms with Crippen LogP contribution < -0.4 is 0 Å². The van der Waals surface area contributed by atoms with E-state index in [4.69, 9.17) is 0 Å². The first kappa shape index (κ1) is 12.7. The molecular formula is C15H18S. The van der Waals surface area contributed by atoms with Gasteiger partial charge in [0.25, 0.3) is 0 Å². The maximum Gasteiger partial charge on any atom is 0.0273 e. The average molecular weight is 230 g/mol. The summed E-state index contributed by atoms with van der Waals surface area (Å²) in [5.74, 6) is 0. The summed E-state index contributed by atoms with van der Waals surface area (Å²) in [5, 5.41) is 2.20. The predicted octanol–water partition coefficient (Wildman–Crippen LogP) is 5.47. The minimum Gasteiger partial charge on any atom is -0.144 e. The highest BCUT2D eigenvalue weighted by molar-refractivity contribution is 7.11. The molecule has 0 spiro atoms. The molecule has 1 heterocycles. The molecule has 0 saturated heterocycles. The molecule has 16 heavy (non-hydrogen) atoms. The SMILES string of the molecule is C/C=C/c1cc(-c2ccccc2)cs1.CC. The van der Waals surface area contributed by atoms with Crippen LogP contribution in [0.3, 0.4) is 0 Å². The van der Waals surface area contributed by atoms with Crippen LogP contribution in [0.25, 0.3) is 17.2 Å². The monoisotopic (exact) mass is 230 g/mol. The van der Waals surface area contributed by atoms with Crippen molar-refractivity contribution in [2.45, 2.75) is 20.8 Å². The summed E-state index contributed by atoms with van der Waals surface area (Å²) < 4.78 is 0. The van der Waals surface area contributed by atoms with Crippen molar-refractivity contribution in [1.82, 2.24) is 0 Å². The summed E-state index contributed by atoms with van der Waals surface area (Å²) >= 11 is 1.78. The normalized spacial score (nSPS) is 9.94. The standard InChI is InChI=1S/C13H12S.C2H6/c1-2-6-13-9-12(10-14-13)11-7-4-3-5-8-11;1-2/h2-10H,1H3;1-2H3/b6-2+;. The molecule has 0 fully saturated rings. The van der Waals surface area contributed by atoms with Gasteiger partial charge < -0.3 is 0 Å². The first-order chi connectivity index (χ1) is 7.90. The van der Waals surface area contributed by atoms with Crippen molar-refractivity contribution < 1.29 is 0 Å². The Morgan fingerprint density at radius 1 is 1.00 bits per heavy atom. The second kappa shape index (κ2) is 7.02. The van der Waals surface area contributed by atoms with E-state index < -0.39 is 0 Å². The van der Waals surface area contributed by atoms with E-state index in [9.17, 15) is 0 Å². The van der Waals surface area contributed by atoms with Crippen LogP contribution >= 0.6 is 11.3 Å². The molecular weight excluding hydrogens is 212 g/mol. The Morgan fingerprint density at radius 2 is 1.69 bits per heavy atom. The van der Waals surface area contributed by atoms with Gasteiger partial charge in [-0.2, -0.15) is 0 Å². The third kappa shape index (κ3) is 3.35. The van der Waals surface area contributed by atoms with Crippen molar-refractivity contribution in [3.05, 3.63) is 52.7 Å². The van der Waals surface area contributed by atoms with Gasteiger partial charge in [-0.3, -0.25) is 0 Å². The molecule has 0 aliphatic carbocycles. The van der Waals surface area contributed by atoms with Crippen LogP contribution in [0.4, 0.5) is 0 Å². The lowest BCUT2D eigenvalue weighted by atomic mass is 10.1. The van der Waals surface area contributed by atoms with Crippen molar-refractivity contribution in [3.63, 3.8) is 0 Å². The van der Waals surface area contributed by atoms with Gasteiger partial charge in [0.2, 0.25) is 0 Å². The van der Waals surface area contributed by atoms with Crippen LogP contribution in [0.1, 0.15) is 25.6 Å². The number of thiophene rings is 1. The fraction of sp³-hybridized carbons (Fsp3) is 0.200. The molecule has 0 aliphatic heterocycles. The first-order valence-corrected chi connectivity index (χ1v) is 6.55. The number of allylic oxidation sites excluding steroid dienone is 1. The molecule has 0 bridgehead atoms. The maximum absolute atomic E-state index is 2.22. The fourth-order valence-corrected chi connectivity index (χ4v) is 2.26. The summed E-state index contributed by atoms with van der Waals surface area (Å²) in [6, 6.07) is 12.7. The average Bonchev–Trinajstić information content (AvgIpc) is 2.82. The summed E-state index contributed by atoms with van der Waals surface area (Å²) in [6.07, 6.45) is 4.21. The Hall–Kier alpha value is -1.34. The number of hydrogen-bond donors (Lipinski definition) is 0. The summed E-state index contributed by atoms with van der Waals surface area (Å²) in [5.41, 5.74) is 2.60. The number of rotatable bonds is 2. The molecule has 0 aliphatic rings. The van der Waals surface area contributed by atoms with Gasteiger partial charge in [0.1, 0.15) is 0 Å². The van der Waals surface area contributed by atoms with Gasteiger partial charge in [-0.25, -0.2) is 0 Å². The number of hydrogen-bond acceptors (Lipinski definition) is 1. The number of benzene rings is 1. The third-order valence-electron chi connectivity index (χ3n) is 2.06. The Kier molecular flexibility index (Phi) is 5.58. The van der Waals surface area contributed by atoms with Gasteiger partial charge in [-0.15, -0.1) is 11.3 Å². The Balaban J connectivity index is 0.000000606. The molecule has 0 atom stereocenters. The quantitative estimate of drug-likeness (QED) is 0.641. The minimum absolute atomic E-state index is 1.29. The van der Waals surface area contributed by atoms with Crippen molar-refractivity contribution >= 4 is 17.4 Å². The van der Waals surface area contributed by atoms with Gasteiger partial charge in [0.05, 0.1) is 0 Å². The lowest BCUT2D eigenvalue weighted by Gasteiger charge is -1.94. The van der Waals surface area contributed by atoms with E-state index in [0.717, 1.165) is 0 Å². The van der Waals surface area contributed by atoms with Crippen LogP contribution in [-0.4, -0.2) is 0 Å². The van der Waals surface area contributed by atoms with Gasteiger partial charge in [-0.05, 0) is 35.6 Å². The first-order valence-electron chi connectivity index (χ1n) is 5.67. The zero-order valence-corrected chi connectivity index (χ0v) is 10.9. The van der Waals surface area contributed by atoms with Crippen molar-refractivity contribution in [2.75, 3.05) is 0 Å². The lowest BCUT2D eigenvalue weighted by molar-refractivity contribution is 1.50. The van der Waals surface area contributed by atoms with E-state index in [-0.39, 0.29) is 0 Å². The molecule has 2 aromatic rings. The van der Waals surface area contributed by atoms with Crippen LogP contribution in [0.5, 0.6) is 0 Å². The molecule has 0 nitrogen and oxygen atoms in total. The lowest BCUT2D eigenvalue weighted by Crippen LogP contribution is -1.69. The molecule has 84 valence electrons. The molecule has 1 aromatic heterocycles. The van der Waals surface area contributed by atoms with E-state index in [1.807, 2.05) is 26.8 Å². The second-order valence-corrected chi connectivity index (χ2v) is 4.05. The highest BCUT2D eigenvalue weighted by Gasteiger charge is 1.98. The second-order valence-electron chi connectivity index (χ2n) is 3.10. The minimum atomic E-state index is 1.29. The van der Waals surface area contributed by atoms with Crippen LogP contribution in [-0.2, 0) is 0 Å². The summed E-state index contributed by atoms with van der Waals surface area (Å²) in [4.78, 5) is 1.31. The molecule has 0 N–H and O–H groups in total. The van der Waals surface area contributed by atoms with E-state index in [2.05, 4.69) is 47.9 Å². The Morgan fingerprint density at radius 3 is 2.31 bits per heavy atom. The highest BCUT2D eigenvalue weighted by Crippen LogP contribution is 2.25. The maximum atomic E-state index is 2.22. The van der Waals surface area contributed by atoms with Gasteiger partial charge in [0, 0.05) is 4.88 Å². The zero-order valence-electron chi connectivity index (χ0n) is 10.1. The van der Waals surface area contributed by atoms with Crippen molar-refractivity contribution in [2.24, 2.45) is 0 Å². The van der Waals surface area contributed by atoms with E-state index in [1.165, 1.54) is 16.0 Å². The summed E-state index contributed by atoms with van der Waals surface area (Å²) in [7, 11) is 0. The van der Waals surface area contributed by atoms with Crippen molar-refractivity contribution in [3.8, 4) is 11.1 Å². The topological polar surface area (TPSA) is 0 Å². The molecule has 1 aromatic carbocycles. The Bertz CT molecular complexity index is 424. The van der Waals surface area contributed by atoms with E-state index in [1.54, 1.807) is 11.3 Å². The molecule has 0 radical (unpaired) electrons. The van der Waals surface area contributed by atoms with Gasteiger partial charge in [-0.1, -0.05) is 50.3 Å².